The molecule has 8 heteroatoms. The molecule has 0 aliphatic rings. The van der Waals surface area contributed by atoms with E-state index < -0.39 is 10.8 Å². The summed E-state index contributed by atoms with van der Waals surface area (Å²) in [7, 11) is -1.52. The van der Waals surface area contributed by atoms with Crippen molar-refractivity contribution in [1.29, 1.82) is 0 Å². The summed E-state index contributed by atoms with van der Waals surface area (Å²) in [6, 6.07) is 27.8. The highest BCUT2D eigenvalue weighted by atomic mass is 35.5. The Morgan fingerprint density at radius 3 is 2.60 bits per heavy atom. The highest BCUT2D eigenvalue weighted by Gasteiger charge is 2.20. The number of allylic oxidation sites excluding steroid dienone is 5. The number of benzene rings is 4. The van der Waals surface area contributed by atoms with Crippen molar-refractivity contribution in [2.45, 2.75) is 35.2 Å². The molecule has 42 heavy (non-hydrogen) atoms. The zero-order valence-electron chi connectivity index (χ0n) is 23.4. The maximum atomic E-state index is 14.1. The van der Waals surface area contributed by atoms with Crippen LogP contribution in [-0.2, 0) is 21.5 Å². The third-order valence-corrected chi connectivity index (χ3v) is 8.92. The van der Waals surface area contributed by atoms with E-state index in [0.717, 1.165) is 37.0 Å². The van der Waals surface area contributed by atoms with Gasteiger partial charge in [0, 0.05) is 27.9 Å². The fraction of sp³-hybridized carbons (Fsp3) is 0.147. The molecule has 5 nitrogen and oxygen atoms in total. The first-order chi connectivity index (χ1) is 20.6. The first kappa shape index (κ1) is 29.9. The number of halogens is 1. The molecule has 0 spiro atoms. The minimum atomic E-state index is -1.52. The Hall–Kier alpha value is -3.62. The Labute approximate surface area is 258 Å². The van der Waals surface area contributed by atoms with Gasteiger partial charge in [0.2, 0.25) is 0 Å². The van der Waals surface area contributed by atoms with E-state index in [-0.39, 0.29) is 0 Å². The second kappa shape index (κ2) is 14.5. The predicted octanol–water partition coefficient (Wildman–Crippen LogP) is 9.02. The summed E-state index contributed by atoms with van der Waals surface area (Å²) in [4.78, 5) is 1.77. The van der Waals surface area contributed by atoms with Crippen molar-refractivity contribution in [2.75, 3.05) is 13.2 Å². The second-order valence-electron chi connectivity index (χ2n) is 9.50. The zero-order chi connectivity index (χ0) is 29.3. The molecule has 1 atom stereocenters. The number of rotatable bonds is 12. The van der Waals surface area contributed by atoms with Crippen LogP contribution in [0, 0.1) is 6.92 Å². The Morgan fingerprint density at radius 1 is 0.976 bits per heavy atom. The molecular weight excluding hydrogens is 584 g/mol. The molecular formula is C34H31ClN2O3S2. The van der Waals surface area contributed by atoms with E-state index >= 15 is 0 Å². The summed E-state index contributed by atoms with van der Waals surface area (Å²) in [5.41, 5.74) is 4.59. The van der Waals surface area contributed by atoms with Crippen LogP contribution in [0.25, 0.3) is 21.7 Å². The summed E-state index contributed by atoms with van der Waals surface area (Å²) in [6.07, 6.45) is 7.66. The monoisotopic (exact) mass is 614 g/mol. The molecule has 1 unspecified atom stereocenters. The van der Waals surface area contributed by atoms with Crippen LogP contribution in [0.15, 0.2) is 135 Å². The summed E-state index contributed by atoms with van der Waals surface area (Å²) >= 11 is 7.02. The average molecular weight is 615 g/mol. The SMILES string of the molecule is C\C=C(/C=C\C=C\Cl)Cn1nc(S(=O)c2cccc3ccccc23)c2cc(OCCOSc3ccc(C)cc3)ccc21. The van der Waals surface area contributed by atoms with Gasteiger partial charge in [-0.05, 0) is 66.6 Å². The van der Waals surface area contributed by atoms with Gasteiger partial charge in [-0.15, -0.1) is 0 Å². The van der Waals surface area contributed by atoms with Gasteiger partial charge in [-0.25, -0.2) is 4.21 Å². The van der Waals surface area contributed by atoms with Crippen molar-refractivity contribution in [3.05, 3.63) is 126 Å². The highest BCUT2D eigenvalue weighted by molar-refractivity contribution is 7.94. The highest BCUT2D eigenvalue weighted by Crippen LogP contribution is 2.32. The van der Waals surface area contributed by atoms with Crippen molar-refractivity contribution < 1.29 is 13.1 Å². The van der Waals surface area contributed by atoms with Crippen LogP contribution < -0.4 is 4.74 Å². The van der Waals surface area contributed by atoms with Gasteiger partial charge in [0.15, 0.2) is 5.03 Å². The minimum absolute atomic E-state index is 0.377. The van der Waals surface area contributed by atoms with Crippen molar-refractivity contribution in [1.82, 2.24) is 9.78 Å². The lowest BCUT2D eigenvalue weighted by atomic mass is 10.1. The largest absolute Gasteiger partial charge is 0.491 e. The van der Waals surface area contributed by atoms with E-state index in [1.165, 1.54) is 23.1 Å². The minimum Gasteiger partial charge on any atom is -0.491 e. The molecule has 1 heterocycles. The van der Waals surface area contributed by atoms with Crippen LogP contribution in [0.4, 0.5) is 0 Å². The molecule has 214 valence electrons. The molecule has 5 rings (SSSR count). The van der Waals surface area contributed by atoms with Crippen molar-refractivity contribution in [3.63, 3.8) is 0 Å². The number of ether oxygens (including phenoxy) is 1. The molecule has 4 aromatic carbocycles. The molecule has 0 bridgehead atoms. The van der Waals surface area contributed by atoms with Gasteiger partial charge in [-0.2, -0.15) is 5.10 Å². The Balaban J connectivity index is 1.42. The van der Waals surface area contributed by atoms with Gasteiger partial charge in [0.25, 0.3) is 0 Å². The number of hydrogen-bond acceptors (Lipinski definition) is 5. The lowest BCUT2D eigenvalue weighted by molar-refractivity contribution is 0.239. The topological polar surface area (TPSA) is 53.4 Å². The third-order valence-electron chi connectivity index (χ3n) is 6.62. The molecule has 0 aliphatic carbocycles. The second-order valence-corrected chi connectivity index (χ2v) is 12.0. The molecule has 0 radical (unpaired) electrons. The number of aromatic nitrogens is 2. The first-order valence-corrected chi connectivity index (χ1v) is 15.9. The van der Waals surface area contributed by atoms with Gasteiger partial charge >= 0.3 is 0 Å². The van der Waals surface area contributed by atoms with E-state index in [1.54, 1.807) is 6.08 Å². The Bertz CT molecular complexity index is 1790. The quantitative estimate of drug-likeness (QED) is 0.0797. The van der Waals surface area contributed by atoms with Gasteiger partial charge in [-0.3, -0.25) is 4.68 Å². The van der Waals surface area contributed by atoms with E-state index in [9.17, 15) is 4.21 Å². The number of nitrogens with zero attached hydrogens (tertiary/aromatic N) is 2. The first-order valence-electron chi connectivity index (χ1n) is 13.5. The normalized spacial score (nSPS) is 13.1. The number of fused-ring (bicyclic) bond motifs is 2. The maximum Gasteiger partial charge on any atom is 0.162 e. The maximum absolute atomic E-state index is 14.1. The average Bonchev–Trinajstić information content (AvgIpc) is 3.38. The molecule has 0 amide bonds. The molecule has 0 N–H and O–H groups in total. The van der Waals surface area contributed by atoms with Gasteiger partial charge in [0.05, 0.1) is 23.6 Å². The Kier molecular flexibility index (Phi) is 10.3. The summed E-state index contributed by atoms with van der Waals surface area (Å²) < 4.78 is 27.8. The Morgan fingerprint density at radius 2 is 1.79 bits per heavy atom. The smallest absolute Gasteiger partial charge is 0.162 e. The van der Waals surface area contributed by atoms with E-state index in [4.69, 9.17) is 25.6 Å². The fourth-order valence-corrected chi connectivity index (χ4v) is 6.42. The van der Waals surface area contributed by atoms with Gasteiger partial charge < -0.3 is 8.92 Å². The summed E-state index contributed by atoms with van der Waals surface area (Å²) in [5.74, 6) is 0.667. The van der Waals surface area contributed by atoms with Crippen LogP contribution >= 0.6 is 23.6 Å². The van der Waals surface area contributed by atoms with Gasteiger partial charge in [0.1, 0.15) is 23.2 Å². The van der Waals surface area contributed by atoms with Crippen LogP contribution in [0.1, 0.15) is 12.5 Å². The summed E-state index contributed by atoms with van der Waals surface area (Å²) in [6.45, 7) is 5.34. The molecule has 5 aromatic rings. The molecule has 0 aliphatic heterocycles. The van der Waals surface area contributed by atoms with Crippen LogP contribution in [-0.4, -0.2) is 27.2 Å². The van der Waals surface area contributed by atoms with Crippen molar-refractivity contribution in [2.24, 2.45) is 0 Å². The van der Waals surface area contributed by atoms with Crippen molar-refractivity contribution in [3.8, 4) is 5.75 Å². The van der Waals surface area contributed by atoms with E-state index in [0.29, 0.717) is 30.5 Å². The molecule has 0 fully saturated rings. The molecule has 0 saturated carbocycles. The molecule has 1 aromatic heterocycles. The lowest BCUT2D eigenvalue weighted by Gasteiger charge is -2.08. The van der Waals surface area contributed by atoms with Crippen LogP contribution in [0.3, 0.4) is 0 Å². The number of aryl methyl sites for hydroxylation is 1. The van der Waals surface area contributed by atoms with E-state index in [1.807, 2.05) is 103 Å². The van der Waals surface area contributed by atoms with Crippen molar-refractivity contribution >= 4 is 56.1 Å². The predicted molar refractivity (Wildman–Crippen MR) is 175 cm³/mol. The van der Waals surface area contributed by atoms with Crippen LogP contribution in [0.5, 0.6) is 5.75 Å². The fourth-order valence-electron chi connectivity index (χ4n) is 4.47. The lowest BCUT2D eigenvalue weighted by Crippen LogP contribution is -2.04. The third kappa shape index (κ3) is 7.23. The van der Waals surface area contributed by atoms with Gasteiger partial charge in [-0.1, -0.05) is 90.0 Å². The van der Waals surface area contributed by atoms with E-state index in [2.05, 4.69) is 19.1 Å². The zero-order valence-corrected chi connectivity index (χ0v) is 25.8. The number of hydrogen-bond donors (Lipinski definition) is 0. The standard InChI is InChI=1S/C34H31ClN2O3S2/c1-3-26(9-6-7-20-35)24-37-32-19-16-28(39-21-22-40-41-29-17-14-25(2)15-18-29)23-31(32)34(36-37)42(38)33-13-8-11-27-10-4-5-12-30(27)33/h3-20,23H,21-22,24H2,1-2H3/b9-6-,20-7+,26-3+. The van der Waals surface area contributed by atoms with Crippen LogP contribution in [0.2, 0.25) is 0 Å². The summed E-state index contributed by atoms with van der Waals surface area (Å²) in [5, 5.41) is 8.16. The molecule has 0 saturated heterocycles.